The third-order valence-electron chi connectivity index (χ3n) is 3.93. The number of nitrogens with zero attached hydrogens (tertiary/aromatic N) is 3. The third-order valence-corrected chi connectivity index (χ3v) is 7.07. The first-order chi connectivity index (χ1) is 11.9. The van der Waals surface area contributed by atoms with Crippen LogP contribution in [-0.4, -0.2) is 41.1 Å². The minimum Gasteiger partial charge on any atom is -0.320 e. The van der Waals surface area contributed by atoms with E-state index in [9.17, 15) is 13.2 Å². The van der Waals surface area contributed by atoms with Gasteiger partial charge in [-0.1, -0.05) is 29.0 Å². The van der Waals surface area contributed by atoms with Gasteiger partial charge in [-0.2, -0.15) is 4.31 Å². The molecule has 134 valence electrons. The topological polar surface area (TPSA) is 92.3 Å². The molecule has 1 atom stereocenters. The van der Waals surface area contributed by atoms with Gasteiger partial charge >= 0.3 is 0 Å². The monoisotopic (exact) mass is 400 g/mol. The molecular formula is C15H17ClN4O3S2. The van der Waals surface area contributed by atoms with E-state index in [0.29, 0.717) is 28.7 Å². The van der Waals surface area contributed by atoms with E-state index in [0.717, 1.165) is 17.8 Å². The molecule has 0 bridgehead atoms. The fraction of sp³-hybridized carbons (Fsp3) is 0.400. The van der Waals surface area contributed by atoms with Crippen molar-refractivity contribution in [1.82, 2.24) is 14.5 Å². The number of rotatable bonds is 5. The maximum absolute atomic E-state index is 12.3. The van der Waals surface area contributed by atoms with Gasteiger partial charge in [0.05, 0.1) is 11.8 Å². The average molecular weight is 401 g/mol. The fourth-order valence-electron chi connectivity index (χ4n) is 2.70. The van der Waals surface area contributed by atoms with Crippen molar-refractivity contribution in [1.29, 1.82) is 0 Å². The van der Waals surface area contributed by atoms with Crippen molar-refractivity contribution in [3.05, 3.63) is 39.3 Å². The number of amides is 1. The number of anilines is 1. The number of halogens is 1. The Balaban J connectivity index is 1.77. The first kappa shape index (κ1) is 18.2. The van der Waals surface area contributed by atoms with Crippen molar-refractivity contribution in [3.8, 4) is 0 Å². The Morgan fingerprint density at radius 3 is 2.96 bits per heavy atom. The second kappa shape index (κ2) is 7.36. The molecule has 0 spiro atoms. The molecule has 0 aliphatic carbocycles. The summed E-state index contributed by atoms with van der Waals surface area (Å²) in [7, 11) is -3.30. The predicted octanol–water partition coefficient (Wildman–Crippen LogP) is 2.93. The minimum absolute atomic E-state index is 0.0460. The van der Waals surface area contributed by atoms with Gasteiger partial charge in [0.25, 0.3) is 5.91 Å². The summed E-state index contributed by atoms with van der Waals surface area (Å²) in [6.07, 6.45) is 1.46. The number of carbonyl (C=O) groups is 1. The predicted molar refractivity (Wildman–Crippen MR) is 97.5 cm³/mol. The van der Waals surface area contributed by atoms with Gasteiger partial charge in [-0.25, -0.2) is 8.42 Å². The van der Waals surface area contributed by atoms with E-state index in [-0.39, 0.29) is 16.8 Å². The highest BCUT2D eigenvalue weighted by Gasteiger charge is 2.36. The van der Waals surface area contributed by atoms with Gasteiger partial charge in [0.15, 0.2) is 0 Å². The van der Waals surface area contributed by atoms with Crippen LogP contribution in [-0.2, 0) is 10.0 Å². The van der Waals surface area contributed by atoms with Gasteiger partial charge in [-0.05, 0) is 38.0 Å². The Labute approximate surface area is 155 Å². The van der Waals surface area contributed by atoms with Gasteiger partial charge < -0.3 is 5.32 Å². The van der Waals surface area contributed by atoms with Gasteiger partial charge in [0.2, 0.25) is 15.0 Å². The summed E-state index contributed by atoms with van der Waals surface area (Å²) in [5, 5.41) is 11.9. The third kappa shape index (κ3) is 4.00. The number of nitrogens with one attached hydrogen (secondary N) is 1. The molecule has 1 aliphatic rings. The summed E-state index contributed by atoms with van der Waals surface area (Å²) in [6.45, 7) is 2.10. The van der Waals surface area contributed by atoms with Crippen LogP contribution in [0, 0.1) is 0 Å². The van der Waals surface area contributed by atoms with Crippen LogP contribution in [0.1, 0.15) is 40.6 Å². The molecular weight excluding hydrogens is 384 g/mol. The summed E-state index contributed by atoms with van der Waals surface area (Å²) >= 11 is 7.02. The molecule has 10 heteroatoms. The zero-order valence-corrected chi connectivity index (χ0v) is 15.9. The number of hydrogen-bond donors (Lipinski definition) is 1. The van der Waals surface area contributed by atoms with Gasteiger partial charge in [-0.3, -0.25) is 4.79 Å². The standard InChI is InChI=1S/C15H17ClN4O3S2/c1-2-25(22,23)20-8-4-7-12(20)14-18-19-15(24-14)13(21)17-11-6-3-5-10(16)9-11/h3,5-6,9,12H,2,4,7-8H2,1H3,(H,17,21)/t12-/m1/s1. The fourth-order valence-corrected chi connectivity index (χ4v) is 5.17. The van der Waals surface area contributed by atoms with Crippen molar-refractivity contribution in [2.24, 2.45) is 0 Å². The zero-order chi connectivity index (χ0) is 18.0. The Morgan fingerprint density at radius 2 is 2.24 bits per heavy atom. The summed E-state index contributed by atoms with van der Waals surface area (Å²) in [5.41, 5.74) is 0.560. The van der Waals surface area contributed by atoms with E-state index < -0.39 is 15.9 Å². The second-order valence-corrected chi connectivity index (χ2v) is 9.23. The maximum Gasteiger partial charge on any atom is 0.286 e. The van der Waals surface area contributed by atoms with Crippen LogP contribution in [0.25, 0.3) is 0 Å². The molecule has 1 fully saturated rings. The van der Waals surface area contributed by atoms with Crippen molar-refractivity contribution >= 4 is 44.6 Å². The van der Waals surface area contributed by atoms with Crippen LogP contribution in [0.2, 0.25) is 5.02 Å². The highest BCUT2D eigenvalue weighted by molar-refractivity contribution is 7.89. The molecule has 1 amide bonds. The lowest BCUT2D eigenvalue weighted by molar-refractivity contribution is 0.102. The number of sulfonamides is 1. The largest absolute Gasteiger partial charge is 0.320 e. The summed E-state index contributed by atoms with van der Waals surface area (Å²) < 4.78 is 25.8. The van der Waals surface area contributed by atoms with Crippen LogP contribution in [0.5, 0.6) is 0 Å². The van der Waals surface area contributed by atoms with Gasteiger partial charge in [-0.15, -0.1) is 10.2 Å². The van der Waals surface area contributed by atoms with Gasteiger partial charge in [0, 0.05) is 17.3 Å². The molecule has 25 heavy (non-hydrogen) atoms. The highest BCUT2D eigenvalue weighted by atomic mass is 35.5. The van der Waals surface area contributed by atoms with Crippen LogP contribution < -0.4 is 5.32 Å². The Hall–Kier alpha value is -1.55. The van der Waals surface area contributed by atoms with Gasteiger partial charge in [0.1, 0.15) is 5.01 Å². The Morgan fingerprint density at radius 1 is 1.44 bits per heavy atom. The van der Waals surface area contributed by atoms with E-state index in [4.69, 9.17) is 11.6 Å². The molecule has 1 aromatic heterocycles. The first-order valence-electron chi connectivity index (χ1n) is 7.80. The van der Waals surface area contributed by atoms with E-state index in [1.165, 1.54) is 4.31 Å². The Bertz CT molecular complexity index is 884. The molecule has 7 nitrogen and oxygen atoms in total. The first-order valence-corrected chi connectivity index (χ1v) is 10.6. The van der Waals surface area contributed by atoms with Crippen molar-refractivity contribution in [2.75, 3.05) is 17.6 Å². The lowest BCUT2D eigenvalue weighted by Gasteiger charge is -2.21. The molecule has 0 radical (unpaired) electrons. The average Bonchev–Trinajstić information content (AvgIpc) is 3.24. The molecule has 3 rings (SSSR count). The van der Waals surface area contributed by atoms with Crippen molar-refractivity contribution in [3.63, 3.8) is 0 Å². The lowest BCUT2D eigenvalue weighted by atomic mass is 10.2. The van der Waals surface area contributed by atoms with E-state index >= 15 is 0 Å². The van der Waals surface area contributed by atoms with Crippen LogP contribution >= 0.6 is 22.9 Å². The summed E-state index contributed by atoms with van der Waals surface area (Å²) in [4.78, 5) is 12.3. The molecule has 0 unspecified atom stereocenters. The molecule has 1 saturated heterocycles. The van der Waals surface area contributed by atoms with Crippen LogP contribution in [0.4, 0.5) is 5.69 Å². The molecule has 1 aliphatic heterocycles. The number of benzene rings is 1. The quantitative estimate of drug-likeness (QED) is 0.832. The molecule has 2 heterocycles. The van der Waals surface area contributed by atoms with E-state index in [2.05, 4.69) is 15.5 Å². The number of carbonyl (C=O) groups excluding carboxylic acids is 1. The van der Waals surface area contributed by atoms with Crippen LogP contribution in [0.3, 0.4) is 0 Å². The summed E-state index contributed by atoms with van der Waals surface area (Å²) in [5.74, 6) is -0.348. The van der Waals surface area contributed by atoms with Crippen LogP contribution in [0.15, 0.2) is 24.3 Å². The second-order valence-electron chi connectivity index (χ2n) is 5.58. The summed E-state index contributed by atoms with van der Waals surface area (Å²) in [6, 6.07) is 6.46. The van der Waals surface area contributed by atoms with E-state index in [1.54, 1.807) is 31.2 Å². The van der Waals surface area contributed by atoms with Crippen molar-refractivity contribution in [2.45, 2.75) is 25.8 Å². The van der Waals surface area contributed by atoms with Crippen molar-refractivity contribution < 1.29 is 13.2 Å². The smallest absolute Gasteiger partial charge is 0.286 e. The maximum atomic E-state index is 12.3. The molecule has 1 aromatic carbocycles. The highest BCUT2D eigenvalue weighted by Crippen LogP contribution is 2.35. The molecule has 0 saturated carbocycles. The Kier molecular flexibility index (Phi) is 5.38. The molecule has 2 aromatic rings. The SMILES string of the molecule is CCS(=O)(=O)N1CCC[C@@H]1c1nnc(C(=O)Nc2cccc(Cl)c2)s1. The minimum atomic E-state index is -3.30. The zero-order valence-electron chi connectivity index (χ0n) is 13.5. The van der Waals surface area contributed by atoms with E-state index in [1.807, 2.05) is 0 Å². The normalized spacial score (nSPS) is 18.4. The number of aromatic nitrogens is 2. The molecule has 1 N–H and O–H groups in total. The lowest BCUT2D eigenvalue weighted by Crippen LogP contribution is -2.31. The number of hydrogen-bond acceptors (Lipinski definition) is 6.